The molecule has 2 rings (SSSR count). The standard InChI is InChI=1S/C13H13Br2NO3/c1-7-10(8(2)19-16-7)6-18-13-11(14)3-9(5-17)4-12(13)15/h3-4,17H,5-6H2,1-2H3. The van der Waals surface area contributed by atoms with Crippen molar-refractivity contribution in [3.05, 3.63) is 43.7 Å². The fourth-order valence-electron chi connectivity index (χ4n) is 1.69. The number of halogens is 2. The highest BCUT2D eigenvalue weighted by molar-refractivity contribution is 9.11. The van der Waals surface area contributed by atoms with E-state index in [2.05, 4.69) is 37.0 Å². The minimum absolute atomic E-state index is 0.0126. The van der Waals surface area contributed by atoms with E-state index in [0.717, 1.165) is 31.5 Å². The van der Waals surface area contributed by atoms with Crippen LogP contribution in [0.25, 0.3) is 0 Å². The van der Waals surface area contributed by atoms with E-state index in [-0.39, 0.29) is 6.61 Å². The van der Waals surface area contributed by atoms with E-state index < -0.39 is 0 Å². The Labute approximate surface area is 128 Å². The first-order valence-electron chi connectivity index (χ1n) is 5.66. The average molecular weight is 391 g/mol. The minimum atomic E-state index is -0.0126. The molecule has 1 N–H and O–H groups in total. The fraction of sp³-hybridized carbons (Fsp3) is 0.308. The van der Waals surface area contributed by atoms with Gasteiger partial charge >= 0.3 is 0 Å². The topological polar surface area (TPSA) is 55.5 Å². The Morgan fingerprint density at radius 3 is 2.37 bits per heavy atom. The largest absolute Gasteiger partial charge is 0.486 e. The van der Waals surface area contributed by atoms with Crippen molar-refractivity contribution in [2.45, 2.75) is 27.1 Å². The van der Waals surface area contributed by atoms with Crippen LogP contribution in [0.5, 0.6) is 5.75 Å². The number of nitrogens with zero attached hydrogens (tertiary/aromatic N) is 1. The summed E-state index contributed by atoms with van der Waals surface area (Å²) in [6.07, 6.45) is 0. The molecule has 102 valence electrons. The predicted molar refractivity (Wildman–Crippen MR) is 78.1 cm³/mol. The van der Waals surface area contributed by atoms with E-state index in [1.165, 1.54) is 0 Å². The molecule has 2 aromatic rings. The van der Waals surface area contributed by atoms with Gasteiger partial charge in [-0.05, 0) is 63.4 Å². The molecule has 0 aliphatic rings. The van der Waals surface area contributed by atoms with Gasteiger partial charge < -0.3 is 14.4 Å². The zero-order valence-corrected chi connectivity index (χ0v) is 13.7. The van der Waals surface area contributed by atoms with Crippen molar-refractivity contribution in [3.8, 4) is 5.75 Å². The number of aliphatic hydroxyl groups excluding tert-OH is 1. The lowest BCUT2D eigenvalue weighted by atomic mass is 10.2. The number of aryl methyl sites for hydroxylation is 2. The van der Waals surface area contributed by atoms with Crippen molar-refractivity contribution in [3.63, 3.8) is 0 Å². The number of benzene rings is 1. The molecule has 1 heterocycles. The Balaban J connectivity index is 2.20. The van der Waals surface area contributed by atoms with Gasteiger partial charge in [0.2, 0.25) is 0 Å². The number of ether oxygens (including phenoxy) is 1. The summed E-state index contributed by atoms with van der Waals surface area (Å²) in [5.74, 6) is 1.45. The zero-order chi connectivity index (χ0) is 14.0. The average Bonchev–Trinajstić information content (AvgIpc) is 2.68. The van der Waals surface area contributed by atoms with Gasteiger partial charge in [-0.3, -0.25) is 0 Å². The highest BCUT2D eigenvalue weighted by Crippen LogP contribution is 2.35. The monoisotopic (exact) mass is 389 g/mol. The summed E-state index contributed by atoms with van der Waals surface area (Å²) in [6, 6.07) is 3.65. The molecule has 1 aromatic heterocycles. The number of aromatic nitrogens is 1. The number of hydrogen-bond acceptors (Lipinski definition) is 4. The Bertz CT molecular complexity index is 553. The second kappa shape index (κ2) is 6.07. The third kappa shape index (κ3) is 3.19. The van der Waals surface area contributed by atoms with Gasteiger partial charge in [0, 0.05) is 0 Å². The summed E-state index contributed by atoms with van der Waals surface area (Å²) in [7, 11) is 0. The van der Waals surface area contributed by atoms with Crippen LogP contribution in [-0.4, -0.2) is 10.3 Å². The highest BCUT2D eigenvalue weighted by atomic mass is 79.9. The Kier molecular flexibility index (Phi) is 4.65. The van der Waals surface area contributed by atoms with E-state index in [4.69, 9.17) is 14.4 Å². The lowest BCUT2D eigenvalue weighted by Crippen LogP contribution is -2.00. The van der Waals surface area contributed by atoms with Crippen LogP contribution in [0, 0.1) is 13.8 Å². The van der Waals surface area contributed by atoms with Gasteiger partial charge in [0.05, 0.1) is 26.8 Å². The second-order valence-electron chi connectivity index (χ2n) is 4.14. The fourth-order valence-corrected chi connectivity index (χ4v) is 3.20. The highest BCUT2D eigenvalue weighted by Gasteiger charge is 2.13. The molecular formula is C13H13Br2NO3. The van der Waals surface area contributed by atoms with Gasteiger partial charge in [-0.25, -0.2) is 0 Å². The number of aliphatic hydroxyl groups is 1. The predicted octanol–water partition coefficient (Wildman–Crippen LogP) is 3.89. The van der Waals surface area contributed by atoms with Gasteiger partial charge in [0.1, 0.15) is 18.1 Å². The number of rotatable bonds is 4. The molecule has 0 atom stereocenters. The van der Waals surface area contributed by atoms with Crippen LogP contribution >= 0.6 is 31.9 Å². The van der Waals surface area contributed by atoms with Crippen LogP contribution in [0.2, 0.25) is 0 Å². The first-order valence-corrected chi connectivity index (χ1v) is 7.25. The smallest absolute Gasteiger partial charge is 0.148 e. The van der Waals surface area contributed by atoms with E-state index in [0.29, 0.717) is 12.4 Å². The maximum Gasteiger partial charge on any atom is 0.148 e. The van der Waals surface area contributed by atoms with Gasteiger partial charge in [0.15, 0.2) is 0 Å². The summed E-state index contributed by atoms with van der Waals surface area (Å²) in [4.78, 5) is 0. The van der Waals surface area contributed by atoms with Crippen molar-refractivity contribution in [1.82, 2.24) is 5.16 Å². The van der Waals surface area contributed by atoms with Gasteiger partial charge in [-0.2, -0.15) is 0 Å². The minimum Gasteiger partial charge on any atom is -0.486 e. The Morgan fingerprint density at radius 1 is 1.26 bits per heavy atom. The molecule has 0 radical (unpaired) electrons. The maximum atomic E-state index is 9.13. The van der Waals surface area contributed by atoms with Gasteiger partial charge in [0.25, 0.3) is 0 Å². The SMILES string of the molecule is Cc1noc(C)c1COc1c(Br)cc(CO)cc1Br. The summed E-state index contributed by atoms with van der Waals surface area (Å²) < 4.78 is 12.5. The quantitative estimate of drug-likeness (QED) is 0.860. The molecule has 0 amide bonds. The van der Waals surface area contributed by atoms with Crippen LogP contribution < -0.4 is 4.74 Å². The molecule has 6 heteroatoms. The van der Waals surface area contributed by atoms with Gasteiger partial charge in [-0.1, -0.05) is 5.16 Å². The van der Waals surface area contributed by atoms with Crippen LogP contribution in [0.4, 0.5) is 0 Å². The van der Waals surface area contributed by atoms with E-state index in [1.54, 1.807) is 0 Å². The molecule has 0 aliphatic heterocycles. The molecule has 0 bridgehead atoms. The third-order valence-corrected chi connectivity index (χ3v) is 3.96. The van der Waals surface area contributed by atoms with E-state index in [9.17, 15) is 0 Å². The lowest BCUT2D eigenvalue weighted by molar-refractivity contribution is 0.280. The molecule has 0 fully saturated rings. The summed E-state index contributed by atoms with van der Waals surface area (Å²) in [6.45, 7) is 4.12. The van der Waals surface area contributed by atoms with Crippen LogP contribution in [0.15, 0.2) is 25.6 Å². The van der Waals surface area contributed by atoms with Crippen molar-refractivity contribution >= 4 is 31.9 Å². The molecular weight excluding hydrogens is 378 g/mol. The van der Waals surface area contributed by atoms with Crippen molar-refractivity contribution in [2.24, 2.45) is 0 Å². The van der Waals surface area contributed by atoms with Crippen molar-refractivity contribution in [1.29, 1.82) is 0 Å². The summed E-state index contributed by atoms with van der Waals surface area (Å²) in [5.41, 5.74) is 2.59. The van der Waals surface area contributed by atoms with Crippen LogP contribution in [-0.2, 0) is 13.2 Å². The summed E-state index contributed by atoms with van der Waals surface area (Å²) in [5, 5.41) is 13.0. The molecule has 0 unspecified atom stereocenters. The van der Waals surface area contributed by atoms with E-state index in [1.807, 2.05) is 26.0 Å². The third-order valence-electron chi connectivity index (χ3n) is 2.78. The van der Waals surface area contributed by atoms with Crippen LogP contribution in [0.1, 0.15) is 22.6 Å². The maximum absolute atomic E-state index is 9.13. The molecule has 0 spiro atoms. The molecule has 19 heavy (non-hydrogen) atoms. The van der Waals surface area contributed by atoms with Crippen molar-refractivity contribution < 1.29 is 14.4 Å². The molecule has 0 saturated carbocycles. The zero-order valence-electron chi connectivity index (χ0n) is 10.5. The van der Waals surface area contributed by atoms with Gasteiger partial charge in [-0.15, -0.1) is 0 Å². The molecule has 0 saturated heterocycles. The molecule has 0 aliphatic carbocycles. The lowest BCUT2D eigenvalue weighted by Gasteiger charge is -2.11. The second-order valence-corrected chi connectivity index (χ2v) is 5.85. The Morgan fingerprint density at radius 2 is 1.89 bits per heavy atom. The molecule has 1 aromatic carbocycles. The molecule has 4 nitrogen and oxygen atoms in total. The van der Waals surface area contributed by atoms with E-state index >= 15 is 0 Å². The summed E-state index contributed by atoms with van der Waals surface area (Å²) >= 11 is 6.87. The Hall–Kier alpha value is -0.850. The van der Waals surface area contributed by atoms with Crippen LogP contribution in [0.3, 0.4) is 0 Å². The number of hydrogen-bond donors (Lipinski definition) is 1. The first-order chi connectivity index (χ1) is 9.02. The van der Waals surface area contributed by atoms with Crippen molar-refractivity contribution in [2.75, 3.05) is 0 Å². The normalized spacial score (nSPS) is 10.8. The first kappa shape index (κ1) is 14.6.